The molecule has 0 saturated carbocycles. The molecule has 88 valence electrons. The van der Waals surface area contributed by atoms with Gasteiger partial charge in [0.1, 0.15) is 0 Å². The van der Waals surface area contributed by atoms with Crippen molar-refractivity contribution in [3.63, 3.8) is 0 Å². The van der Waals surface area contributed by atoms with E-state index in [4.69, 9.17) is 11.6 Å². The summed E-state index contributed by atoms with van der Waals surface area (Å²) in [4.78, 5) is 11.9. The second-order valence-electron chi connectivity index (χ2n) is 3.55. The van der Waals surface area contributed by atoms with E-state index >= 15 is 0 Å². The summed E-state index contributed by atoms with van der Waals surface area (Å²) in [6, 6.07) is 3.02. The fourth-order valence-electron chi connectivity index (χ4n) is 1.38. The molecule has 0 aromatic heterocycles. The highest BCUT2D eigenvalue weighted by atomic mass is 79.9. The number of ketones is 1. The molecule has 1 aromatic rings. The Morgan fingerprint density at radius 1 is 1.62 bits per heavy atom. The number of carbonyl (C=O) groups is 1. The molecule has 0 aliphatic rings. The van der Waals surface area contributed by atoms with Crippen LogP contribution in [0.4, 0.5) is 4.39 Å². The summed E-state index contributed by atoms with van der Waals surface area (Å²) < 4.78 is 14.2. The number of halogens is 3. The molecule has 1 N–H and O–H groups in total. The topological polar surface area (TPSA) is 29.1 Å². The minimum absolute atomic E-state index is 0.0379. The van der Waals surface area contributed by atoms with Gasteiger partial charge in [-0.2, -0.15) is 0 Å². The monoisotopic (exact) mass is 307 g/mol. The largest absolute Gasteiger partial charge is 0.319 e. The van der Waals surface area contributed by atoms with Crippen molar-refractivity contribution in [1.82, 2.24) is 5.32 Å². The number of nitrogens with one attached hydrogen (secondary N) is 1. The average molecular weight is 309 g/mol. The van der Waals surface area contributed by atoms with Gasteiger partial charge in [0.25, 0.3) is 0 Å². The van der Waals surface area contributed by atoms with Crippen molar-refractivity contribution in [3.05, 3.63) is 33.0 Å². The highest BCUT2D eigenvalue weighted by Crippen LogP contribution is 2.28. The SMILES string of the molecule is CNCC(C)C(=O)c1ccc(Br)c(Cl)c1F. The van der Waals surface area contributed by atoms with Crippen LogP contribution >= 0.6 is 27.5 Å². The number of hydrogen-bond donors (Lipinski definition) is 1. The van der Waals surface area contributed by atoms with Gasteiger partial charge in [-0.05, 0) is 35.1 Å². The van der Waals surface area contributed by atoms with Gasteiger partial charge in [-0.15, -0.1) is 0 Å². The van der Waals surface area contributed by atoms with Gasteiger partial charge >= 0.3 is 0 Å². The van der Waals surface area contributed by atoms with Crippen LogP contribution in [-0.4, -0.2) is 19.4 Å². The molecular weight excluding hydrogens is 296 g/mol. The van der Waals surface area contributed by atoms with E-state index in [-0.39, 0.29) is 22.3 Å². The third kappa shape index (κ3) is 2.81. The minimum Gasteiger partial charge on any atom is -0.319 e. The molecular formula is C11H12BrClFNO. The predicted octanol–water partition coefficient (Wildman–Crippen LogP) is 3.28. The fraction of sp³-hybridized carbons (Fsp3) is 0.364. The van der Waals surface area contributed by atoms with Gasteiger partial charge in [-0.1, -0.05) is 18.5 Å². The fourth-order valence-corrected chi connectivity index (χ4v) is 1.85. The van der Waals surface area contributed by atoms with Crippen molar-refractivity contribution in [2.75, 3.05) is 13.6 Å². The van der Waals surface area contributed by atoms with Crippen LogP contribution in [0, 0.1) is 11.7 Å². The van der Waals surface area contributed by atoms with E-state index in [1.54, 1.807) is 20.0 Å². The molecule has 0 aliphatic carbocycles. The Bertz CT molecular complexity index is 411. The first-order valence-electron chi connectivity index (χ1n) is 4.81. The van der Waals surface area contributed by atoms with E-state index in [2.05, 4.69) is 21.2 Å². The minimum atomic E-state index is -0.663. The lowest BCUT2D eigenvalue weighted by atomic mass is 9.99. The molecule has 0 saturated heterocycles. The second-order valence-corrected chi connectivity index (χ2v) is 4.78. The summed E-state index contributed by atoms with van der Waals surface area (Å²) in [5.74, 6) is -1.19. The summed E-state index contributed by atoms with van der Waals surface area (Å²) in [6.07, 6.45) is 0. The van der Waals surface area contributed by atoms with Crippen molar-refractivity contribution in [2.45, 2.75) is 6.92 Å². The third-order valence-corrected chi connectivity index (χ3v) is 3.52. The molecule has 1 atom stereocenters. The Morgan fingerprint density at radius 3 is 2.81 bits per heavy atom. The molecule has 0 amide bonds. The van der Waals surface area contributed by atoms with Crippen molar-refractivity contribution < 1.29 is 9.18 Å². The van der Waals surface area contributed by atoms with Crippen LogP contribution in [0.1, 0.15) is 17.3 Å². The summed E-state index contributed by atoms with van der Waals surface area (Å²) >= 11 is 8.82. The molecule has 0 radical (unpaired) electrons. The van der Waals surface area contributed by atoms with E-state index < -0.39 is 5.82 Å². The Labute approximate surface area is 107 Å². The number of Topliss-reactive ketones (excluding diaryl/α,β-unsaturated/α-hetero) is 1. The second kappa shape index (κ2) is 5.75. The summed E-state index contributed by atoms with van der Waals surface area (Å²) in [6.45, 7) is 2.25. The van der Waals surface area contributed by atoms with Crippen LogP contribution in [0.5, 0.6) is 0 Å². The van der Waals surface area contributed by atoms with Crippen molar-refractivity contribution in [2.24, 2.45) is 5.92 Å². The lowest BCUT2D eigenvalue weighted by Crippen LogP contribution is -2.24. The van der Waals surface area contributed by atoms with Crippen molar-refractivity contribution in [1.29, 1.82) is 0 Å². The summed E-state index contributed by atoms with van der Waals surface area (Å²) in [5, 5.41) is 2.82. The Hall–Kier alpha value is -0.450. The van der Waals surface area contributed by atoms with Crippen LogP contribution in [0.15, 0.2) is 16.6 Å². The summed E-state index contributed by atoms with van der Waals surface area (Å²) in [7, 11) is 1.74. The molecule has 16 heavy (non-hydrogen) atoms. The first-order valence-corrected chi connectivity index (χ1v) is 5.98. The molecule has 1 unspecified atom stereocenters. The molecule has 0 fully saturated rings. The van der Waals surface area contributed by atoms with Gasteiger partial charge in [-0.3, -0.25) is 4.79 Å². The predicted molar refractivity (Wildman–Crippen MR) is 66.5 cm³/mol. The van der Waals surface area contributed by atoms with Crippen LogP contribution in [0.3, 0.4) is 0 Å². The van der Waals surface area contributed by atoms with Crippen molar-refractivity contribution in [3.8, 4) is 0 Å². The average Bonchev–Trinajstić information content (AvgIpc) is 2.26. The number of carbonyl (C=O) groups excluding carboxylic acids is 1. The lowest BCUT2D eigenvalue weighted by Gasteiger charge is -2.11. The number of rotatable bonds is 4. The Balaban J connectivity index is 3.05. The molecule has 1 rings (SSSR count). The van der Waals surface area contributed by atoms with E-state index in [0.717, 1.165) is 0 Å². The van der Waals surface area contributed by atoms with Crippen molar-refractivity contribution >= 4 is 33.3 Å². The maximum Gasteiger partial charge on any atom is 0.169 e. The van der Waals surface area contributed by atoms with E-state index in [1.165, 1.54) is 6.07 Å². The molecule has 2 nitrogen and oxygen atoms in total. The van der Waals surface area contributed by atoms with Gasteiger partial charge in [0.15, 0.2) is 11.6 Å². The van der Waals surface area contributed by atoms with Crippen LogP contribution in [0.2, 0.25) is 5.02 Å². The molecule has 0 aliphatic heterocycles. The first kappa shape index (κ1) is 13.6. The molecule has 0 spiro atoms. The smallest absolute Gasteiger partial charge is 0.169 e. The molecule has 5 heteroatoms. The molecule has 1 aromatic carbocycles. The maximum atomic E-state index is 13.7. The standard InChI is InChI=1S/C11H12BrClFNO/c1-6(5-15-2)11(16)7-3-4-8(12)9(13)10(7)14/h3-4,6,15H,5H2,1-2H3. The highest BCUT2D eigenvalue weighted by molar-refractivity contribution is 9.10. The zero-order valence-electron chi connectivity index (χ0n) is 8.98. The van der Waals surface area contributed by atoms with Crippen LogP contribution in [-0.2, 0) is 0 Å². The quantitative estimate of drug-likeness (QED) is 0.683. The number of benzene rings is 1. The number of hydrogen-bond acceptors (Lipinski definition) is 2. The van der Waals surface area contributed by atoms with E-state index in [9.17, 15) is 9.18 Å². The normalized spacial score (nSPS) is 12.6. The van der Waals surface area contributed by atoms with Gasteiger partial charge in [0, 0.05) is 16.9 Å². The van der Waals surface area contributed by atoms with Gasteiger partial charge in [-0.25, -0.2) is 4.39 Å². The lowest BCUT2D eigenvalue weighted by molar-refractivity contribution is 0.0926. The Kier molecular flexibility index (Phi) is 4.89. The summed E-state index contributed by atoms with van der Waals surface area (Å²) in [5.41, 5.74) is 0.0379. The van der Waals surface area contributed by atoms with Gasteiger partial charge in [0.05, 0.1) is 10.6 Å². The van der Waals surface area contributed by atoms with Crippen LogP contribution < -0.4 is 5.32 Å². The van der Waals surface area contributed by atoms with E-state index in [0.29, 0.717) is 11.0 Å². The zero-order chi connectivity index (χ0) is 12.3. The van der Waals surface area contributed by atoms with Crippen LogP contribution in [0.25, 0.3) is 0 Å². The third-order valence-electron chi connectivity index (χ3n) is 2.26. The highest BCUT2D eigenvalue weighted by Gasteiger charge is 2.20. The van der Waals surface area contributed by atoms with E-state index in [1.807, 2.05) is 0 Å². The molecule has 0 bridgehead atoms. The first-order chi connectivity index (χ1) is 7.49. The zero-order valence-corrected chi connectivity index (χ0v) is 11.3. The van der Waals surface area contributed by atoms with Gasteiger partial charge in [0.2, 0.25) is 0 Å². The maximum absolute atomic E-state index is 13.7. The van der Waals surface area contributed by atoms with Gasteiger partial charge < -0.3 is 5.32 Å². The molecule has 0 heterocycles. The Morgan fingerprint density at radius 2 is 2.25 bits per heavy atom.